The van der Waals surface area contributed by atoms with Gasteiger partial charge < -0.3 is 14.7 Å². The van der Waals surface area contributed by atoms with Gasteiger partial charge in [-0.05, 0) is 50.7 Å². The summed E-state index contributed by atoms with van der Waals surface area (Å²) in [5.74, 6) is -1.19. The molecule has 0 aromatic heterocycles. The molecule has 1 N–H and O–H groups in total. The maximum atomic E-state index is 12.4. The van der Waals surface area contributed by atoms with Crippen LogP contribution in [-0.4, -0.2) is 53.4 Å². The number of amides is 2. The van der Waals surface area contributed by atoms with E-state index in [1.165, 1.54) is 6.08 Å². The first-order valence-corrected chi connectivity index (χ1v) is 9.21. The number of phenols is 1. The Hall–Kier alpha value is -2.48. The van der Waals surface area contributed by atoms with Crippen LogP contribution in [0, 0.1) is 0 Å². The zero-order valence-corrected chi connectivity index (χ0v) is 15.8. The van der Waals surface area contributed by atoms with Gasteiger partial charge >= 0.3 is 5.97 Å². The number of aromatic hydroxyl groups is 1. The molecule has 1 heterocycles. The quantitative estimate of drug-likeness (QED) is 0.576. The highest BCUT2D eigenvalue weighted by molar-refractivity contribution is 8.18. The van der Waals surface area contributed by atoms with Crippen molar-refractivity contribution >= 4 is 40.6 Å². The number of esters is 1. The van der Waals surface area contributed by atoms with Crippen LogP contribution in [0.3, 0.4) is 0 Å². The minimum absolute atomic E-state index is 0.0200. The molecule has 1 aliphatic rings. The van der Waals surface area contributed by atoms with Gasteiger partial charge in [-0.15, -0.1) is 0 Å². The van der Waals surface area contributed by atoms with Crippen molar-refractivity contribution in [1.82, 2.24) is 4.90 Å². The smallest absolute Gasteiger partial charge is 0.326 e. The number of imide groups is 1. The van der Waals surface area contributed by atoms with Crippen LogP contribution in [-0.2, 0) is 14.3 Å². The number of hydrogen-bond acceptors (Lipinski definition) is 7. The van der Waals surface area contributed by atoms with Crippen LogP contribution in [0.5, 0.6) is 5.75 Å². The van der Waals surface area contributed by atoms with Gasteiger partial charge in [0, 0.05) is 30.4 Å². The SMILES string of the molecule is CCOC(=O)CN1C(=O)S/C(=C\c2ccc(N(CC)CC)cc2O)C1=O. The molecule has 0 unspecified atom stereocenters. The number of hydrogen-bond donors (Lipinski definition) is 1. The zero-order chi connectivity index (χ0) is 19.3. The van der Waals surface area contributed by atoms with Gasteiger partial charge in [-0.3, -0.25) is 19.3 Å². The highest BCUT2D eigenvalue weighted by Crippen LogP contribution is 2.34. The summed E-state index contributed by atoms with van der Waals surface area (Å²) in [6, 6.07) is 5.17. The van der Waals surface area contributed by atoms with Crippen LogP contribution in [0.1, 0.15) is 26.3 Å². The normalized spacial score (nSPS) is 15.7. The number of thioether (sulfide) groups is 1. The number of phenolic OH excluding ortho intramolecular Hbond substituents is 1. The fourth-order valence-electron chi connectivity index (χ4n) is 2.55. The Labute approximate surface area is 156 Å². The van der Waals surface area contributed by atoms with Gasteiger partial charge in [0.2, 0.25) is 0 Å². The van der Waals surface area contributed by atoms with E-state index in [9.17, 15) is 19.5 Å². The van der Waals surface area contributed by atoms with E-state index in [4.69, 9.17) is 4.74 Å². The molecule has 0 atom stereocenters. The summed E-state index contributed by atoms with van der Waals surface area (Å²) in [5, 5.41) is 9.73. The summed E-state index contributed by atoms with van der Waals surface area (Å²) in [5.41, 5.74) is 1.31. The second-order valence-corrected chi connectivity index (χ2v) is 6.48. The van der Waals surface area contributed by atoms with Crippen LogP contribution in [0.25, 0.3) is 6.08 Å². The van der Waals surface area contributed by atoms with Crippen molar-refractivity contribution in [1.29, 1.82) is 0 Å². The first kappa shape index (κ1) is 19.8. The summed E-state index contributed by atoms with van der Waals surface area (Å²) in [4.78, 5) is 38.9. The lowest BCUT2D eigenvalue weighted by atomic mass is 10.1. The Morgan fingerprint density at radius 1 is 1.27 bits per heavy atom. The summed E-state index contributed by atoms with van der Waals surface area (Å²) >= 11 is 0.734. The van der Waals surface area contributed by atoms with Gasteiger partial charge in [-0.2, -0.15) is 0 Å². The topological polar surface area (TPSA) is 87.2 Å². The van der Waals surface area contributed by atoms with E-state index in [-0.39, 0.29) is 17.3 Å². The van der Waals surface area contributed by atoms with Crippen molar-refractivity contribution in [2.75, 3.05) is 31.1 Å². The highest BCUT2D eigenvalue weighted by atomic mass is 32.2. The molecule has 0 aliphatic carbocycles. The zero-order valence-electron chi connectivity index (χ0n) is 15.0. The maximum Gasteiger partial charge on any atom is 0.326 e. The minimum atomic E-state index is -0.637. The average molecular weight is 378 g/mol. The Morgan fingerprint density at radius 2 is 1.96 bits per heavy atom. The molecular formula is C18H22N2O5S. The van der Waals surface area contributed by atoms with E-state index in [0.29, 0.717) is 5.56 Å². The van der Waals surface area contributed by atoms with Crippen LogP contribution in [0.4, 0.5) is 10.5 Å². The van der Waals surface area contributed by atoms with Crippen LogP contribution < -0.4 is 4.90 Å². The third-order valence-corrected chi connectivity index (χ3v) is 4.80. The fourth-order valence-corrected chi connectivity index (χ4v) is 3.38. The lowest BCUT2D eigenvalue weighted by Gasteiger charge is -2.21. The van der Waals surface area contributed by atoms with Crippen molar-refractivity contribution in [2.24, 2.45) is 0 Å². The Bertz CT molecular complexity index is 743. The standard InChI is InChI=1S/C18H22N2O5S/c1-4-19(5-2)13-8-7-12(14(21)10-13)9-15-17(23)20(18(24)26-15)11-16(22)25-6-3/h7-10,21H,4-6,11H2,1-3H3/b15-9-. The molecule has 0 saturated carbocycles. The third-order valence-electron chi connectivity index (χ3n) is 3.90. The lowest BCUT2D eigenvalue weighted by molar-refractivity contribution is -0.145. The number of anilines is 1. The Balaban J connectivity index is 2.21. The van der Waals surface area contributed by atoms with E-state index in [1.807, 2.05) is 19.9 Å². The Morgan fingerprint density at radius 3 is 2.54 bits per heavy atom. The van der Waals surface area contributed by atoms with E-state index in [1.54, 1.807) is 19.1 Å². The van der Waals surface area contributed by atoms with E-state index in [0.717, 1.165) is 35.4 Å². The van der Waals surface area contributed by atoms with Gasteiger partial charge in [0.05, 0.1) is 11.5 Å². The molecule has 2 amide bonds. The molecule has 2 rings (SSSR count). The average Bonchev–Trinajstić information content (AvgIpc) is 2.86. The first-order valence-electron chi connectivity index (χ1n) is 8.40. The predicted octanol–water partition coefficient (Wildman–Crippen LogP) is 2.84. The lowest BCUT2D eigenvalue weighted by Crippen LogP contribution is -2.34. The molecule has 26 heavy (non-hydrogen) atoms. The van der Waals surface area contributed by atoms with Crippen molar-refractivity contribution in [3.8, 4) is 5.75 Å². The van der Waals surface area contributed by atoms with Crippen molar-refractivity contribution in [2.45, 2.75) is 20.8 Å². The fraction of sp³-hybridized carbons (Fsp3) is 0.389. The molecule has 1 aliphatic heterocycles. The number of nitrogens with zero attached hydrogens (tertiary/aromatic N) is 2. The number of carbonyl (C=O) groups excluding carboxylic acids is 3. The summed E-state index contributed by atoms with van der Waals surface area (Å²) < 4.78 is 4.77. The van der Waals surface area contributed by atoms with Gasteiger partial charge in [0.15, 0.2) is 0 Å². The van der Waals surface area contributed by atoms with Crippen LogP contribution >= 0.6 is 11.8 Å². The Kier molecular flexibility index (Phi) is 6.68. The summed E-state index contributed by atoms with van der Waals surface area (Å²) in [7, 11) is 0. The number of ether oxygens (including phenoxy) is 1. The van der Waals surface area contributed by atoms with Gasteiger partial charge in [0.1, 0.15) is 12.3 Å². The number of carbonyl (C=O) groups is 3. The summed E-state index contributed by atoms with van der Waals surface area (Å²) in [6.45, 7) is 7.07. The molecule has 8 heteroatoms. The predicted molar refractivity (Wildman–Crippen MR) is 101 cm³/mol. The molecule has 0 spiro atoms. The van der Waals surface area contributed by atoms with Gasteiger partial charge in [-0.25, -0.2) is 0 Å². The van der Waals surface area contributed by atoms with Crippen molar-refractivity contribution in [3.05, 3.63) is 28.7 Å². The van der Waals surface area contributed by atoms with E-state index < -0.39 is 23.7 Å². The molecule has 0 radical (unpaired) electrons. The minimum Gasteiger partial charge on any atom is -0.507 e. The maximum absolute atomic E-state index is 12.4. The monoisotopic (exact) mass is 378 g/mol. The van der Waals surface area contributed by atoms with Crippen molar-refractivity contribution in [3.63, 3.8) is 0 Å². The molecule has 7 nitrogen and oxygen atoms in total. The first-order chi connectivity index (χ1) is 12.4. The number of benzene rings is 1. The molecule has 1 aromatic rings. The second kappa shape index (κ2) is 8.75. The van der Waals surface area contributed by atoms with E-state index >= 15 is 0 Å². The largest absolute Gasteiger partial charge is 0.507 e. The van der Waals surface area contributed by atoms with E-state index in [2.05, 4.69) is 4.90 Å². The highest BCUT2D eigenvalue weighted by Gasteiger charge is 2.36. The molecule has 140 valence electrons. The molecule has 1 saturated heterocycles. The second-order valence-electron chi connectivity index (χ2n) is 5.49. The van der Waals surface area contributed by atoms with Crippen LogP contribution in [0.2, 0.25) is 0 Å². The van der Waals surface area contributed by atoms with Gasteiger partial charge in [-0.1, -0.05) is 0 Å². The van der Waals surface area contributed by atoms with Gasteiger partial charge in [0.25, 0.3) is 11.1 Å². The molecular weight excluding hydrogens is 356 g/mol. The molecule has 0 bridgehead atoms. The van der Waals surface area contributed by atoms with Crippen LogP contribution in [0.15, 0.2) is 23.1 Å². The molecule has 1 fully saturated rings. The summed E-state index contributed by atoms with van der Waals surface area (Å²) in [6.07, 6.45) is 1.46. The number of rotatable bonds is 7. The third kappa shape index (κ3) is 4.37. The molecule has 1 aromatic carbocycles. The van der Waals surface area contributed by atoms with Crippen molar-refractivity contribution < 1.29 is 24.2 Å².